The van der Waals surface area contributed by atoms with Crippen LogP contribution in [0, 0.1) is 11.8 Å². The Balaban J connectivity index is 1.75. The molecule has 0 saturated carbocycles. The van der Waals surface area contributed by atoms with Crippen molar-refractivity contribution in [3.8, 4) is 0 Å². The number of nitrogens with zero attached hydrogens (tertiary/aromatic N) is 1. The van der Waals surface area contributed by atoms with Gasteiger partial charge in [-0.1, -0.05) is 30.7 Å². The van der Waals surface area contributed by atoms with Gasteiger partial charge >= 0.3 is 0 Å². The number of rotatable bonds is 2. The molecule has 0 amide bonds. The molecule has 2 heterocycles. The van der Waals surface area contributed by atoms with E-state index < -0.39 is 0 Å². The minimum Gasteiger partial charge on any atom is -0.311 e. The molecule has 3 atom stereocenters. The largest absolute Gasteiger partial charge is 0.311 e. The zero-order valence-corrected chi connectivity index (χ0v) is 13.1. The van der Waals surface area contributed by atoms with E-state index in [2.05, 4.69) is 48.4 Å². The number of hydrogen-bond acceptors (Lipinski definition) is 2. The minimum absolute atomic E-state index is 0.298. The summed E-state index contributed by atoms with van der Waals surface area (Å²) < 4.78 is 0. The smallest absolute Gasteiger partial charge is 0.0159 e. The van der Waals surface area contributed by atoms with Crippen molar-refractivity contribution < 1.29 is 0 Å². The van der Waals surface area contributed by atoms with E-state index in [0.717, 1.165) is 17.9 Å². The quantitative estimate of drug-likeness (QED) is 0.830. The second kappa shape index (κ2) is 6.03. The molecule has 3 unspecified atom stereocenters. The van der Waals surface area contributed by atoms with Crippen LogP contribution in [-0.2, 0) is 0 Å². The summed E-state index contributed by atoms with van der Waals surface area (Å²) in [7, 11) is 0. The first kappa shape index (κ1) is 14.3. The zero-order chi connectivity index (χ0) is 14.0. The normalized spacial score (nSPS) is 38.0. The van der Waals surface area contributed by atoms with E-state index in [1.165, 1.54) is 51.7 Å². The lowest BCUT2D eigenvalue weighted by Crippen LogP contribution is -2.60. The van der Waals surface area contributed by atoms with Gasteiger partial charge in [-0.25, -0.2) is 0 Å². The fourth-order valence-electron chi connectivity index (χ4n) is 4.28. The number of nitrogens with one attached hydrogen (secondary N) is 1. The average molecular weight is 274 g/mol. The molecule has 3 aliphatic rings. The number of likely N-dealkylation sites (tertiary alicyclic amines) is 1. The first-order valence-electron chi connectivity index (χ1n) is 8.48. The summed E-state index contributed by atoms with van der Waals surface area (Å²) in [6, 6.07) is 0.771. The van der Waals surface area contributed by atoms with Gasteiger partial charge in [0.15, 0.2) is 0 Å². The zero-order valence-electron chi connectivity index (χ0n) is 13.1. The predicted octanol–water partition coefficient (Wildman–Crippen LogP) is 3.36. The Labute approximate surface area is 124 Å². The second-order valence-electron chi connectivity index (χ2n) is 7.51. The van der Waals surface area contributed by atoms with E-state index in [4.69, 9.17) is 0 Å². The lowest BCUT2D eigenvalue weighted by atomic mass is 9.73. The number of allylic oxidation sites excluding steroid dienone is 4. The van der Waals surface area contributed by atoms with Gasteiger partial charge in [-0.3, -0.25) is 4.90 Å². The van der Waals surface area contributed by atoms with Crippen LogP contribution in [0.25, 0.3) is 0 Å². The van der Waals surface area contributed by atoms with Crippen LogP contribution in [0.15, 0.2) is 24.3 Å². The Morgan fingerprint density at radius 1 is 1.10 bits per heavy atom. The van der Waals surface area contributed by atoms with Crippen LogP contribution in [0.1, 0.15) is 46.0 Å². The van der Waals surface area contributed by atoms with Crippen molar-refractivity contribution in [3.05, 3.63) is 24.3 Å². The minimum atomic E-state index is 0.298. The molecule has 0 aromatic rings. The maximum atomic E-state index is 3.79. The Morgan fingerprint density at radius 2 is 1.90 bits per heavy atom. The van der Waals surface area contributed by atoms with Crippen molar-refractivity contribution in [1.29, 1.82) is 0 Å². The van der Waals surface area contributed by atoms with Gasteiger partial charge in [0.2, 0.25) is 0 Å². The van der Waals surface area contributed by atoms with Crippen LogP contribution in [0.2, 0.25) is 0 Å². The van der Waals surface area contributed by atoms with Crippen molar-refractivity contribution >= 4 is 0 Å². The van der Waals surface area contributed by atoms with E-state index in [9.17, 15) is 0 Å². The Morgan fingerprint density at radius 3 is 2.60 bits per heavy atom. The Bertz CT molecular complexity index is 377. The predicted molar refractivity (Wildman–Crippen MR) is 85.8 cm³/mol. The molecule has 2 aliphatic heterocycles. The van der Waals surface area contributed by atoms with Crippen LogP contribution >= 0.6 is 0 Å². The molecule has 20 heavy (non-hydrogen) atoms. The maximum absolute atomic E-state index is 3.79. The Hall–Kier alpha value is -0.600. The standard InChI is InChI=1S/C18H30N2/c1-18(2)13-17(20-11-7-4-8-12-20)16(14-19-18)15-9-5-3-6-10-15/h3,5-6,9,15-17,19H,4,7-8,10-14H2,1-2H3. The number of hydrogen-bond donors (Lipinski definition) is 1. The molecule has 2 nitrogen and oxygen atoms in total. The third kappa shape index (κ3) is 3.17. The lowest BCUT2D eigenvalue weighted by Gasteiger charge is -2.49. The molecule has 0 aromatic carbocycles. The van der Waals surface area contributed by atoms with Gasteiger partial charge in [0.05, 0.1) is 0 Å². The molecule has 2 fully saturated rings. The van der Waals surface area contributed by atoms with Crippen molar-refractivity contribution in [3.63, 3.8) is 0 Å². The van der Waals surface area contributed by atoms with E-state index in [-0.39, 0.29) is 0 Å². The monoisotopic (exact) mass is 274 g/mol. The summed E-state index contributed by atoms with van der Waals surface area (Å²) in [6.07, 6.45) is 16.0. The van der Waals surface area contributed by atoms with E-state index in [0.29, 0.717) is 5.54 Å². The molecule has 2 heteroatoms. The SMILES string of the molecule is CC1(C)CC(N2CCCCC2)C(C2C=CC=CC2)CN1. The van der Waals surface area contributed by atoms with Crippen LogP contribution < -0.4 is 5.32 Å². The van der Waals surface area contributed by atoms with Gasteiger partial charge in [-0.15, -0.1) is 0 Å². The summed E-state index contributed by atoms with van der Waals surface area (Å²) in [5, 5.41) is 3.79. The highest BCUT2D eigenvalue weighted by atomic mass is 15.2. The van der Waals surface area contributed by atoms with E-state index in [1.807, 2.05) is 0 Å². The summed E-state index contributed by atoms with van der Waals surface area (Å²) in [5.74, 6) is 1.51. The molecule has 1 aliphatic carbocycles. The molecular formula is C18H30N2. The van der Waals surface area contributed by atoms with Gasteiger partial charge in [0.25, 0.3) is 0 Å². The van der Waals surface area contributed by atoms with Gasteiger partial charge in [-0.05, 0) is 64.5 Å². The van der Waals surface area contributed by atoms with Crippen LogP contribution in [0.3, 0.4) is 0 Å². The topological polar surface area (TPSA) is 15.3 Å². The maximum Gasteiger partial charge on any atom is 0.0159 e. The summed E-state index contributed by atoms with van der Waals surface area (Å²) in [6.45, 7) is 8.57. The molecule has 0 spiro atoms. The molecule has 2 saturated heterocycles. The summed E-state index contributed by atoms with van der Waals surface area (Å²) >= 11 is 0. The van der Waals surface area contributed by atoms with Gasteiger partial charge < -0.3 is 5.32 Å². The average Bonchev–Trinajstić information content (AvgIpc) is 2.48. The highest BCUT2D eigenvalue weighted by Crippen LogP contribution is 2.35. The molecular weight excluding hydrogens is 244 g/mol. The molecule has 0 aromatic heterocycles. The fraction of sp³-hybridized carbons (Fsp3) is 0.778. The van der Waals surface area contributed by atoms with Gasteiger partial charge in [0, 0.05) is 18.1 Å². The van der Waals surface area contributed by atoms with Crippen molar-refractivity contribution in [2.45, 2.75) is 57.5 Å². The lowest BCUT2D eigenvalue weighted by molar-refractivity contribution is 0.0406. The first-order valence-corrected chi connectivity index (χ1v) is 8.48. The van der Waals surface area contributed by atoms with E-state index >= 15 is 0 Å². The van der Waals surface area contributed by atoms with Gasteiger partial charge in [0.1, 0.15) is 0 Å². The highest BCUT2D eigenvalue weighted by Gasteiger charge is 2.40. The fourth-order valence-corrected chi connectivity index (χ4v) is 4.28. The molecule has 0 radical (unpaired) electrons. The van der Waals surface area contributed by atoms with Gasteiger partial charge in [-0.2, -0.15) is 0 Å². The van der Waals surface area contributed by atoms with Crippen molar-refractivity contribution in [2.24, 2.45) is 11.8 Å². The molecule has 1 N–H and O–H groups in total. The molecule has 3 rings (SSSR count). The van der Waals surface area contributed by atoms with Crippen molar-refractivity contribution in [1.82, 2.24) is 10.2 Å². The van der Waals surface area contributed by atoms with Crippen LogP contribution in [0.5, 0.6) is 0 Å². The molecule has 112 valence electrons. The molecule has 0 bridgehead atoms. The van der Waals surface area contributed by atoms with Crippen LogP contribution in [-0.4, -0.2) is 36.1 Å². The third-order valence-electron chi connectivity index (χ3n) is 5.45. The summed E-state index contributed by atoms with van der Waals surface area (Å²) in [4.78, 5) is 2.81. The summed E-state index contributed by atoms with van der Waals surface area (Å²) in [5.41, 5.74) is 0.298. The third-order valence-corrected chi connectivity index (χ3v) is 5.45. The first-order chi connectivity index (χ1) is 9.66. The van der Waals surface area contributed by atoms with E-state index in [1.54, 1.807) is 0 Å². The van der Waals surface area contributed by atoms with Crippen molar-refractivity contribution in [2.75, 3.05) is 19.6 Å². The number of piperidine rings is 2. The second-order valence-corrected chi connectivity index (χ2v) is 7.51. The van der Waals surface area contributed by atoms with Crippen LogP contribution in [0.4, 0.5) is 0 Å². The highest BCUT2D eigenvalue weighted by molar-refractivity contribution is 5.14. The Kier molecular flexibility index (Phi) is 4.32.